The maximum absolute atomic E-state index is 11.6. The van der Waals surface area contributed by atoms with Crippen LogP contribution in [0.25, 0.3) is 0 Å². The summed E-state index contributed by atoms with van der Waals surface area (Å²) in [4.78, 5) is 20.2. The van der Waals surface area contributed by atoms with E-state index in [0.717, 1.165) is 17.5 Å². The molecule has 0 aliphatic carbocycles. The molecule has 0 aliphatic heterocycles. The van der Waals surface area contributed by atoms with Gasteiger partial charge in [-0.05, 0) is 38.8 Å². The molecule has 2 rings (SSSR count). The van der Waals surface area contributed by atoms with Crippen molar-refractivity contribution in [2.24, 2.45) is 4.99 Å². The number of benzene rings is 1. The zero-order valence-electron chi connectivity index (χ0n) is 18.8. The quantitative estimate of drug-likeness (QED) is 0.323. The lowest BCUT2D eigenvalue weighted by Gasteiger charge is -2.19. The molecule has 0 bridgehead atoms. The molecule has 3 N–H and O–H groups in total. The Morgan fingerprint density at radius 1 is 1.03 bits per heavy atom. The predicted octanol–water partition coefficient (Wildman–Crippen LogP) is 3.24. The summed E-state index contributed by atoms with van der Waals surface area (Å²) in [5.74, 6) is 1.26. The van der Waals surface area contributed by atoms with Gasteiger partial charge in [0.25, 0.3) is 0 Å². The van der Waals surface area contributed by atoms with Crippen LogP contribution in [-0.4, -0.2) is 42.8 Å². The Morgan fingerprint density at radius 2 is 1.77 bits per heavy atom. The van der Waals surface area contributed by atoms with Crippen molar-refractivity contribution in [3.05, 3.63) is 59.8 Å². The number of ether oxygens (including phenoxy) is 2. The summed E-state index contributed by atoms with van der Waals surface area (Å²) in [7, 11) is 1.71. The van der Waals surface area contributed by atoms with Gasteiger partial charge in [0, 0.05) is 38.4 Å². The number of carbonyl (C=O) groups is 1. The van der Waals surface area contributed by atoms with E-state index in [1.165, 1.54) is 0 Å². The van der Waals surface area contributed by atoms with E-state index in [0.29, 0.717) is 38.1 Å². The number of hydrogen-bond acceptors (Lipinski definition) is 5. The summed E-state index contributed by atoms with van der Waals surface area (Å²) in [6, 6.07) is 13.8. The number of rotatable bonds is 9. The Kier molecular flexibility index (Phi) is 9.61. The fourth-order valence-electron chi connectivity index (χ4n) is 2.61. The molecule has 1 heterocycles. The first-order valence-corrected chi connectivity index (χ1v) is 10.4. The highest BCUT2D eigenvalue weighted by atomic mass is 16.6. The predicted molar refractivity (Wildman–Crippen MR) is 122 cm³/mol. The number of hydrogen-bond donors (Lipinski definition) is 3. The number of nitrogens with one attached hydrogen (secondary N) is 3. The molecule has 168 valence electrons. The molecule has 0 saturated carbocycles. The number of nitrogens with zero attached hydrogens (tertiary/aromatic N) is 2. The lowest BCUT2D eigenvalue weighted by Crippen LogP contribution is -2.39. The van der Waals surface area contributed by atoms with E-state index in [1.807, 2.05) is 63.2 Å². The van der Waals surface area contributed by atoms with Crippen LogP contribution in [0.2, 0.25) is 0 Å². The van der Waals surface area contributed by atoms with Gasteiger partial charge in [0.2, 0.25) is 5.88 Å². The Bertz CT molecular complexity index is 835. The Balaban J connectivity index is 1.73. The molecular weight excluding hydrogens is 394 g/mol. The average molecular weight is 428 g/mol. The van der Waals surface area contributed by atoms with Crippen molar-refractivity contribution in [2.45, 2.75) is 45.9 Å². The third kappa shape index (κ3) is 9.84. The summed E-state index contributed by atoms with van der Waals surface area (Å²) in [6.07, 6.45) is 2.04. The summed E-state index contributed by atoms with van der Waals surface area (Å²) in [5, 5.41) is 9.22. The number of carbonyl (C=O) groups excluding carboxylic acids is 1. The molecule has 0 atom stereocenters. The molecule has 8 nitrogen and oxygen atoms in total. The van der Waals surface area contributed by atoms with Gasteiger partial charge in [-0.25, -0.2) is 9.78 Å². The van der Waals surface area contributed by atoms with E-state index in [1.54, 1.807) is 13.2 Å². The van der Waals surface area contributed by atoms with Gasteiger partial charge in [-0.2, -0.15) is 0 Å². The second kappa shape index (κ2) is 12.4. The van der Waals surface area contributed by atoms with Crippen molar-refractivity contribution in [1.29, 1.82) is 0 Å². The first-order chi connectivity index (χ1) is 14.9. The van der Waals surface area contributed by atoms with Crippen molar-refractivity contribution in [2.75, 3.05) is 20.1 Å². The number of aromatic nitrogens is 1. The van der Waals surface area contributed by atoms with Crippen LogP contribution in [0.15, 0.2) is 53.7 Å². The van der Waals surface area contributed by atoms with Gasteiger partial charge in [-0.1, -0.05) is 36.4 Å². The standard InChI is InChI=1S/C23H33N5O3/c1-23(2,3)31-22(29)27-15-9-14-26-21(24-4)28-16-19-12-8-13-25-20(19)30-17-18-10-6-5-7-11-18/h5-8,10-13H,9,14-17H2,1-4H3,(H,27,29)(H2,24,26,28). The van der Waals surface area contributed by atoms with E-state index in [-0.39, 0.29) is 0 Å². The van der Waals surface area contributed by atoms with Gasteiger partial charge in [0.15, 0.2) is 5.96 Å². The average Bonchev–Trinajstić information content (AvgIpc) is 2.74. The van der Waals surface area contributed by atoms with E-state index < -0.39 is 11.7 Å². The largest absolute Gasteiger partial charge is 0.473 e. The summed E-state index contributed by atoms with van der Waals surface area (Å²) < 4.78 is 11.1. The minimum absolute atomic E-state index is 0.408. The zero-order chi connectivity index (χ0) is 22.5. The Morgan fingerprint density at radius 3 is 2.48 bits per heavy atom. The fraction of sp³-hybridized carbons (Fsp3) is 0.435. The molecule has 1 amide bonds. The van der Waals surface area contributed by atoms with Crippen molar-refractivity contribution in [1.82, 2.24) is 20.9 Å². The smallest absolute Gasteiger partial charge is 0.407 e. The molecule has 1 aromatic heterocycles. The molecule has 0 fully saturated rings. The van der Waals surface area contributed by atoms with E-state index in [2.05, 4.69) is 25.9 Å². The van der Waals surface area contributed by atoms with Gasteiger partial charge < -0.3 is 25.4 Å². The summed E-state index contributed by atoms with van der Waals surface area (Å²) >= 11 is 0. The van der Waals surface area contributed by atoms with Crippen LogP contribution in [0.1, 0.15) is 38.3 Å². The van der Waals surface area contributed by atoms with E-state index >= 15 is 0 Å². The minimum atomic E-state index is -0.496. The van der Waals surface area contributed by atoms with E-state index in [9.17, 15) is 4.79 Å². The molecule has 0 radical (unpaired) electrons. The fourth-order valence-corrected chi connectivity index (χ4v) is 2.61. The molecule has 8 heteroatoms. The maximum Gasteiger partial charge on any atom is 0.407 e. The number of guanidine groups is 1. The molecule has 0 saturated heterocycles. The van der Waals surface area contributed by atoms with Crippen LogP contribution in [0.4, 0.5) is 4.79 Å². The number of aliphatic imine (C=N–C) groups is 1. The van der Waals surface area contributed by atoms with Crippen LogP contribution in [0.5, 0.6) is 5.88 Å². The van der Waals surface area contributed by atoms with Gasteiger partial charge >= 0.3 is 6.09 Å². The monoisotopic (exact) mass is 427 g/mol. The van der Waals surface area contributed by atoms with Crippen molar-refractivity contribution < 1.29 is 14.3 Å². The molecule has 2 aromatic rings. The lowest BCUT2D eigenvalue weighted by molar-refractivity contribution is 0.0527. The topological polar surface area (TPSA) is 96.9 Å². The number of amides is 1. The maximum atomic E-state index is 11.6. The Hall–Kier alpha value is -3.29. The summed E-state index contributed by atoms with van der Waals surface area (Å²) in [6.45, 7) is 7.66. The minimum Gasteiger partial charge on any atom is -0.473 e. The van der Waals surface area contributed by atoms with Crippen LogP contribution in [0.3, 0.4) is 0 Å². The van der Waals surface area contributed by atoms with Crippen LogP contribution in [0, 0.1) is 0 Å². The summed E-state index contributed by atoms with van der Waals surface area (Å²) in [5.41, 5.74) is 1.53. The van der Waals surface area contributed by atoms with Gasteiger partial charge in [-0.15, -0.1) is 0 Å². The van der Waals surface area contributed by atoms with Crippen LogP contribution in [-0.2, 0) is 17.9 Å². The Labute approximate surface area is 184 Å². The molecule has 0 unspecified atom stereocenters. The molecule has 0 spiro atoms. The molecule has 1 aromatic carbocycles. The second-order valence-corrected chi connectivity index (χ2v) is 7.88. The SMILES string of the molecule is CN=C(NCCCNC(=O)OC(C)(C)C)NCc1cccnc1OCc1ccccc1. The van der Waals surface area contributed by atoms with Crippen LogP contribution >= 0.6 is 0 Å². The van der Waals surface area contributed by atoms with Gasteiger partial charge in [0.1, 0.15) is 12.2 Å². The lowest BCUT2D eigenvalue weighted by atomic mass is 10.2. The molecule has 31 heavy (non-hydrogen) atoms. The highest BCUT2D eigenvalue weighted by Crippen LogP contribution is 2.15. The second-order valence-electron chi connectivity index (χ2n) is 7.88. The zero-order valence-corrected chi connectivity index (χ0v) is 18.8. The third-order valence-electron chi connectivity index (χ3n) is 4.05. The normalized spacial score (nSPS) is 11.5. The first kappa shape index (κ1) is 24.0. The van der Waals surface area contributed by atoms with Crippen molar-refractivity contribution >= 4 is 12.1 Å². The van der Waals surface area contributed by atoms with Crippen molar-refractivity contribution in [3.8, 4) is 5.88 Å². The molecule has 0 aliphatic rings. The number of alkyl carbamates (subject to hydrolysis) is 1. The molecular formula is C23H33N5O3. The van der Waals surface area contributed by atoms with Crippen LogP contribution < -0.4 is 20.7 Å². The van der Waals surface area contributed by atoms with Gasteiger partial charge in [-0.3, -0.25) is 4.99 Å². The van der Waals surface area contributed by atoms with E-state index in [4.69, 9.17) is 9.47 Å². The van der Waals surface area contributed by atoms with Crippen molar-refractivity contribution in [3.63, 3.8) is 0 Å². The highest BCUT2D eigenvalue weighted by molar-refractivity contribution is 5.79. The third-order valence-corrected chi connectivity index (χ3v) is 4.05. The highest BCUT2D eigenvalue weighted by Gasteiger charge is 2.15. The first-order valence-electron chi connectivity index (χ1n) is 10.4. The van der Waals surface area contributed by atoms with Gasteiger partial charge in [0.05, 0.1) is 0 Å². The number of pyridine rings is 1.